The van der Waals surface area contributed by atoms with Crippen LogP contribution >= 0.6 is 0 Å². The molecule has 0 aromatic carbocycles. The monoisotopic (exact) mass is 207 g/mol. The van der Waals surface area contributed by atoms with Crippen LogP contribution in [0.15, 0.2) is 0 Å². The van der Waals surface area contributed by atoms with Crippen molar-refractivity contribution < 1.29 is 24.4 Å². The topological polar surface area (TPSA) is 94.2 Å². The SMILES string of the molecule is CO[C@@H]1O[C@@](C)(OC)[C@H](N)[C@@H](O)[C@H]1O. The van der Waals surface area contributed by atoms with Gasteiger partial charge in [0.1, 0.15) is 12.2 Å². The van der Waals surface area contributed by atoms with Crippen molar-refractivity contribution in [1.29, 1.82) is 0 Å². The minimum absolute atomic E-state index is 0.825. The van der Waals surface area contributed by atoms with E-state index in [1.54, 1.807) is 6.92 Å². The highest BCUT2D eigenvalue weighted by Gasteiger charge is 2.50. The first-order valence-corrected chi connectivity index (χ1v) is 4.33. The first-order valence-electron chi connectivity index (χ1n) is 4.33. The minimum Gasteiger partial charge on any atom is -0.388 e. The fourth-order valence-corrected chi connectivity index (χ4v) is 1.43. The summed E-state index contributed by atoms with van der Waals surface area (Å²) in [4.78, 5) is 0. The molecular formula is C8H17NO5. The van der Waals surface area contributed by atoms with Crippen LogP contribution in [0.4, 0.5) is 0 Å². The molecule has 6 nitrogen and oxygen atoms in total. The Morgan fingerprint density at radius 1 is 1.29 bits per heavy atom. The Morgan fingerprint density at radius 3 is 2.29 bits per heavy atom. The lowest BCUT2D eigenvalue weighted by molar-refractivity contribution is -0.360. The third-order valence-corrected chi connectivity index (χ3v) is 2.59. The van der Waals surface area contributed by atoms with E-state index in [0.29, 0.717) is 0 Å². The molecule has 1 fully saturated rings. The normalized spacial score (nSPS) is 49.3. The summed E-state index contributed by atoms with van der Waals surface area (Å²) < 4.78 is 15.2. The second-order valence-electron chi connectivity index (χ2n) is 3.45. The predicted octanol–water partition coefficient (Wildman–Crippen LogP) is -1.60. The van der Waals surface area contributed by atoms with E-state index in [2.05, 4.69) is 0 Å². The summed E-state index contributed by atoms with van der Waals surface area (Å²) in [6, 6.07) is -0.825. The van der Waals surface area contributed by atoms with E-state index < -0.39 is 30.3 Å². The zero-order valence-electron chi connectivity index (χ0n) is 8.51. The molecule has 6 heteroatoms. The summed E-state index contributed by atoms with van der Waals surface area (Å²) in [6.45, 7) is 1.58. The summed E-state index contributed by atoms with van der Waals surface area (Å²) >= 11 is 0. The van der Waals surface area contributed by atoms with Gasteiger partial charge in [0.2, 0.25) is 0 Å². The summed E-state index contributed by atoms with van der Waals surface area (Å²) in [5.74, 6) is -1.15. The molecule has 0 unspecified atom stereocenters. The first kappa shape index (κ1) is 11.8. The average molecular weight is 207 g/mol. The van der Waals surface area contributed by atoms with Crippen LogP contribution in [-0.2, 0) is 14.2 Å². The quantitative estimate of drug-likeness (QED) is 0.505. The van der Waals surface area contributed by atoms with Crippen molar-refractivity contribution in [3.8, 4) is 0 Å². The molecule has 1 aliphatic rings. The van der Waals surface area contributed by atoms with Crippen molar-refractivity contribution in [3.63, 3.8) is 0 Å². The Morgan fingerprint density at radius 2 is 1.86 bits per heavy atom. The first-order chi connectivity index (χ1) is 6.46. The molecule has 0 amide bonds. The molecule has 0 saturated carbocycles. The fourth-order valence-electron chi connectivity index (χ4n) is 1.43. The molecule has 0 aromatic heterocycles. The van der Waals surface area contributed by atoms with Gasteiger partial charge in [0.15, 0.2) is 12.1 Å². The van der Waals surface area contributed by atoms with Gasteiger partial charge in [-0.2, -0.15) is 0 Å². The number of aliphatic hydroxyl groups excluding tert-OH is 2. The van der Waals surface area contributed by atoms with Gasteiger partial charge in [-0.15, -0.1) is 0 Å². The average Bonchev–Trinajstić information content (AvgIpc) is 2.20. The minimum atomic E-state index is -1.17. The number of hydrogen-bond acceptors (Lipinski definition) is 6. The smallest absolute Gasteiger partial charge is 0.189 e. The van der Waals surface area contributed by atoms with Gasteiger partial charge in [0.25, 0.3) is 0 Å². The van der Waals surface area contributed by atoms with Gasteiger partial charge in [-0.25, -0.2) is 0 Å². The number of aliphatic hydroxyl groups is 2. The fraction of sp³-hybridized carbons (Fsp3) is 1.00. The molecule has 84 valence electrons. The van der Waals surface area contributed by atoms with Gasteiger partial charge in [-0.3, -0.25) is 0 Å². The van der Waals surface area contributed by atoms with Gasteiger partial charge < -0.3 is 30.2 Å². The lowest BCUT2D eigenvalue weighted by Gasteiger charge is -2.46. The highest BCUT2D eigenvalue weighted by atomic mass is 16.8. The van der Waals surface area contributed by atoms with Gasteiger partial charge in [-0.1, -0.05) is 0 Å². The molecule has 0 bridgehead atoms. The lowest BCUT2D eigenvalue weighted by atomic mass is 9.95. The Hall–Kier alpha value is -0.240. The maximum absolute atomic E-state index is 9.60. The van der Waals surface area contributed by atoms with Crippen LogP contribution in [0.5, 0.6) is 0 Å². The Balaban J connectivity index is 2.84. The van der Waals surface area contributed by atoms with Crippen LogP contribution < -0.4 is 5.73 Å². The molecule has 0 aromatic rings. The maximum atomic E-state index is 9.60. The van der Waals surface area contributed by atoms with Crippen LogP contribution in [-0.4, -0.2) is 54.8 Å². The van der Waals surface area contributed by atoms with Crippen molar-refractivity contribution in [2.45, 2.75) is 37.3 Å². The van der Waals surface area contributed by atoms with Crippen molar-refractivity contribution >= 4 is 0 Å². The standard InChI is InChI=1S/C8H17NO5/c1-8(13-3)6(9)4(10)5(11)7(12-2)14-8/h4-7,10-11H,9H2,1-3H3/t4-,5+,6+,7+,8+/m0/s1. The molecule has 0 spiro atoms. The van der Waals surface area contributed by atoms with E-state index in [9.17, 15) is 10.2 Å². The number of rotatable bonds is 2. The summed E-state index contributed by atoms with van der Waals surface area (Å²) in [5.41, 5.74) is 5.66. The van der Waals surface area contributed by atoms with Crippen LogP contribution in [0.2, 0.25) is 0 Å². The van der Waals surface area contributed by atoms with Crippen LogP contribution in [0.3, 0.4) is 0 Å². The zero-order chi connectivity index (χ0) is 10.9. The largest absolute Gasteiger partial charge is 0.388 e. The lowest BCUT2D eigenvalue weighted by Crippen LogP contribution is -2.67. The molecule has 0 radical (unpaired) electrons. The molecule has 5 atom stereocenters. The van der Waals surface area contributed by atoms with E-state index in [-0.39, 0.29) is 0 Å². The van der Waals surface area contributed by atoms with Gasteiger partial charge in [0, 0.05) is 14.2 Å². The van der Waals surface area contributed by atoms with Crippen LogP contribution in [0.25, 0.3) is 0 Å². The Bertz CT molecular complexity index is 200. The molecule has 1 aliphatic heterocycles. The summed E-state index contributed by atoms with van der Waals surface area (Å²) in [6.07, 6.45) is -3.24. The van der Waals surface area contributed by atoms with Crippen molar-refractivity contribution in [2.75, 3.05) is 14.2 Å². The Kier molecular flexibility index (Phi) is 3.46. The second kappa shape index (κ2) is 4.09. The van der Waals surface area contributed by atoms with E-state index in [1.807, 2.05) is 0 Å². The van der Waals surface area contributed by atoms with Crippen LogP contribution in [0, 0.1) is 0 Å². The molecule has 1 rings (SSSR count). The number of nitrogens with two attached hydrogens (primary N) is 1. The third kappa shape index (κ3) is 1.77. The summed E-state index contributed by atoms with van der Waals surface area (Å²) in [5, 5.41) is 19.1. The molecular weight excluding hydrogens is 190 g/mol. The van der Waals surface area contributed by atoms with Crippen molar-refractivity contribution in [1.82, 2.24) is 0 Å². The summed E-state index contributed by atoms with van der Waals surface area (Å²) in [7, 11) is 2.78. The second-order valence-corrected chi connectivity index (χ2v) is 3.45. The number of methoxy groups -OCH3 is 2. The molecule has 14 heavy (non-hydrogen) atoms. The van der Waals surface area contributed by atoms with E-state index >= 15 is 0 Å². The highest BCUT2D eigenvalue weighted by molar-refractivity contribution is 4.94. The Labute approximate surface area is 82.6 Å². The van der Waals surface area contributed by atoms with E-state index in [0.717, 1.165) is 0 Å². The molecule has 4 N–H and O–H groups in total. The molecule has 1 saturated heterocycles. The molecule has 1 heterocycles. The number of hydrogen-bond donors (Lipinski definition) is 3. The third-order valence-electron chi connectivity index (χ3n) is 2.59. The van der Waals surface area contributed by atoms with Crippen molar-refractivity contribution in [3.05, 3.63) is 0 Å². The van der Waals surface area contributed by atoms with Gasteiger partial charge in [0.05, 0.1) is 6.04 Å². The van der Waals surface area contributed by atoms with E-state index in [1.165, 1.54) is 14.2 Å². The highest BCUT2D eigenvalue weighted by Crippen LogP contribution is 2.29. The number of ether oxygens (including phenoxy) is 3. The molecule has 0 aliphatic carbocycles. The predicted molar refractivity (Wildman–Crippen MR) is 47.3 cm³/mol. The van der Waals surface area contributed by atoms with Gasteiger partial charge >= 0.3 is 0 Å². The van der Waals surface area contributed by atoms with Crippen molar-refractivity contribution in [2.24, 2.45) is 5.73 Å². The van der Waals surface area contributed by atoms with Crippen LogP contribution in [0.1, 0.15) is 6.92 Å². The maximum Gasteiger partial charge on any atom is 0.189 e. The van der Waals surface area contributed by atoms with E-state index in [4.69, 9.17) is 19.9 Å². The zero-order valence-corrected chi connectivity index (χ0v) is 8.51. The van der Waals surface area contributed by atoms with Gasteiger partial charge in [-0.05, 0) is 6.92 Å².